The van der Waals surface area contributed by atoms with Crippen LogP contribution in [0.25, 0.3) is 0 Å². The minimum atomic E-state index is -4.88. The number of nitrogens with zero attached hydrogens (tertiary/aromatic N) is 1. The van der Waals surface area contributed by atoms with Gasteiger partial charge in [0.25, 0.3) is 0 Å². The standard InChI is InChI=1S/C12H13ClF3NO4/c1-4-21-11(18)7-8(19-2)6(5-13)10(20-3)17-9(7)12(14,15)16/h4-5H2,1-3H3. The van der Waals surface area contributed by atoms with E-state index in [1.165, 1.54) is 6.92 Å². The average Bonchev–Trinajstić information content (AvgIpc) is 2.43. The number of hydrogen-bond donors (Lipinski definition) is 0. The molecule has 0 aromatic carbocycles. The van der Waals surface area contributed by atoms with E-state index in [-0.39, 0.29) is 29.7 Å². The second kappa shape index (κ2) is 6.84. The SMILES string of the molecule is CCOC(=O)c1c(C(F)(F)F)nc(OC)c(CCl)c1OC. The molecule has 0 aliphatic heterocycles. The van der Waals surface area contributed by atoms with Gasteiger partial charge in [0.2, 0.25) is 5.88 Å². The van der Waals surface area contributed by atoms with Gasteiger partial charge in [0.1, 0.15) is 11.3 Å². The van der Waals surface area contributed by atoms with Gasteiger partial charge >= 0.3 is 12.1 Å². The lowest BCUT2D eigenvalue weighted by Crippen LogP contribution is -2.20. The second-order valence-electron chi connectivity index (χ2n) is 3.71. The van der Waals surface area contributed by atoms with Crippen LogP contribution in [0.1, 0.15) is 28.5 Å². The molecular formula is C12H13ClF3NO4. The molecule has 5 nitrogen and oxygen atoms in total. The van der Waals surface area contributed by atoms with Crippen LogP contribution in [0.2, 0.25) is 0 Å². The van der Waals surface area contributed by atoms with Crippen LogP contribution in [0.4, 0.5) is 13.2 Å². The van der Waals surface area contributed by atoms with E-state index in [1.807, 2.05) is 0 Å². The van der Waals surface area contributed by atoms with Gasteiger partial charge in [0.15, 0.2) is 5.69 Å². The van der Waals surface area contributed by atoms with Crippen LogP contribution in [0, 0.1) is 0 Å². The number of ether oxygens (including phenoxy) is 3. The molecule has 21 heavy (non-hydrogen) atoms. The van der Waals surface area contributed by atoms with E-state index in [9.17, 15) is 18.0 Å². The molecule has 0 atom stereocenters. The zero-order valence-corrected chi connectivity index (χ0v) is 12.3. The quantitative estimate of drug-likeness (QED) is 0.614. The van der Waals surface area contributed by atoms with Crippen molar-refractivity contribution in [3.8, 4) is 11.6 Å². The summed E-state index contributed by atoms with van der Waals surface area (Å²) in [6.45, 7) is 1.37. The molecule has 0 saturated heterocycles. The van der Waals surface area contributed by atoms with Crippen molar-refractivity contribution in [1.82, 2.24) is 4.98 Å². The minimum Gasteiger partial charge on any atom is -0.495 e. The highest BCUT2D eigenvalue weighted by molar-refractivity contribution is 6.17. The predicted molar refractivity (Wildman–Crippen MR) is 67.9 cm³/mol. The third-order valence-corrected chi connectivity index (χ3v) is 2.76. The van der Waals surface area contributed by atoms with Gasteiger partial charge < -0.3 is 14.2 Å². The largest absolute Gasteiger partial charge is 0.495 e. The van der Waals surface area contributed by atoms with Gasteiger partial charge in [-0.1, -0.05) is 0 Å². The van der Waals surface area contributed by atoms with Crippen LogP contribution in [0.3, 0.4) is 0 Å². The van der Waals surface area contributed by atoms with E-state index >= 15 is 0 Å². The Hall–Kier alpha value is -1.70. The van der Waals surface area contributed by atoms with Crippen molar-refractivity contribution in [1.29, 1.82) is 0 Å². The normalized spacial score (nSPS) is 11.2. The van der Waals surface area contributed by atoms with Crippen LogP contribution < -0.4 is 9.47 Å². The molecule has 118 valence electrons. The first kappa shape index (κ1) is 17.4. The number of carbonyl (C=O) groups excluding carboxylic acids is 1. The van der Waals surface area contributed by atoms with Gasteiger partial charge in [-0.2, -0.15) is 13.2 Å². The Morgan fingerprint density at radius 1 is 1.29 bits per heavy atom. The van der Waals surface area contributed by atoms with Gasteiger partial charge in [-0.05, 0) is 6.92 Å². The molecule has 1 rings (SSSR count). The fraction of sp³-hybridized carbons (Fsp3) is 0.500. The summed E-state index contributed by atoms with van der Waals surface area (Å²) < 4.78 is 53.6. The second-order valence-corrected chi connectivity index (χ2v) is 3.98. The van der Waals surface area contributed by atoms with E-state index in [1.54, 1.807) is 0 Å². The zero-order valence-electron chi connectivity index (χ0n) is 11.5. The molecule has 0 aliphatic rings. The minimum absolute atomic E-state index is 0.0396. The Morgan fingerprint density at radius 3 is 2.29 bits per heavy atom. The van der Waals surface area contributed by atoms with Gasteiger partial charge in [0.05, 0.1) is 32.3 Å². The Morgan fingerprint density at radius 2 is 1.90 bits per heavy atom. The fourth-order valence-corrected chi connectivity index (χ4v) is 1.93. The monoisotopic (exact) mass is 327 g/mol. The van der Waals surface area contributed by atoms with E-state index in [0.29, 0.717) is 0 Å². The maximum Gasteiger partial charge on any atom is 0.434 e. The first-order chi connectivity index (χ1) is 9.81. The number of methoxy groups -OCH3 is 2. The molecule has 1 heterocycles. The molecule has 1 aromatic rings. The molecule has 0 unspecified atom stereocenters. The summed E-state index contributed by atoms with van der Waals surface area (Å²) in [5, 5.41) is 0. The third-order valence-electron chi connectivity index (χ3n) is 2.49. The van der Waals surface area contributed by atoms with E-state index < -0.39 is 23.4 Å². The Bertz CT molecular complexity index is 534. The molecular weight excluding hydrogens is 315 g/mol. The summed E-state index contributed by atoms with van der Waals surface area (Å²) in [7, 11) is 2.26. The summed E-state index contributed by atoms with van der Waals surface area (Å²) >= 11 is 5.68. The average molecular weight is 328 g/mol. The number of rotatable bonds is 5. The molecule has 0 radical (unpaired) electrons. The molecule has 0 amide bonds. The lowest BCUT2D eigenvalue weighted by molar-refractivity contribution is -0.142. The predicted octanol–water partition coefficient (Wildman–Crippen LogP) is 3.03. The smallest absolute Gasteiger partial charge is 0.434 e. The van der Waals surface area contributed by atoms with Crippen molar-refractivity contribution < 1.29 is 32.2 Å². The van der Waals surface area contributed by atoms with Crippen molar-refractivity contribution in [3.63, 3.8) is 0 Å². The van der Waals surface area contributed by atoms with Gasteiger partial charge in [-0.25, -0.2) is 9.78 Å². The lowest BCUT2D eigenvalue weighted by Gasteiger charge is -2.18. The molecule has 0 aliphatic carbocycles. The van der Waals surface area contributed by atoms with Crippen LogP contribution in [0.15, 0.2) is 0 Å². The summed E-state index contributed by atoms with van der Waals surface area (Å²) in [6.07, 6.45) is -4.88. The molecule has 0 N–H and O–H groups in total. The maximum absolute atomic E-state index is 13.1. The number of halogens is 4. The third kappa shape index (κ3) is 3.49. The van der Waals surface area contributed by atoms with Crippen molar-refractivity contribution in [2.24, 2.45) is 0 Å². The van der Waals surface area contributed by atoms with Gasteiger partial charge in [-0.15, -0.1) is 11.6 Å². The first-order valence-corrected chi connectivity index (χ1v) is 6.30. The molecule has 9 heteroatoms. The molecule has 0 spiro atoms. The van der Waals surface area contributed by atoms with Crippen LogP contribution >= 0.6 is 11.6 Å². The van der Waals surface area contributed by atoms with E-state index in [2.05, 4.69) is 9.72 Å². The van der Waals surface area contributed by atoms with E-state index in [0.717, 1.165) is 14.2 Å². The molecule has 0 saturated carbocycles. The molecule has 0 bridgehead atoms. The highest BCUT2D eigenvalue weighted by Crippen LogP contribution is 2.40. The number of pyridine rings is 1. The van der Waals surface area contributed by atoms with Gasteiger partial charge in [0, 0.05) is 0 Å². The lowest BCUT2D eigenvalue weighted by atomic mass is 10.1. The van der Waals surface area contributed by atoms with Gasteiger partial charge in [-0.3, -0.25) is 0 Å². The van der Waals surface area contributed by atoms with Crippen molar-refractivity contribution in [2.45, 2.75) is 19.0 Å². The maximum atomic E-state index is 13.1. The molecule has 0 fully saturated rings. The summed E-state index contributed by atoms with van der Waals surface area (Å²) in [5.74, 6) is -2.16. The molecule has 1 aromatic heterocycles. The summed E-state index contributed by atoms with van der Waals surface area (Å²) in [4.78, 5) is 15.2. The van der Waals surface area contributed by atoms with Crippen LogP contribution in [-0.2, 0) is 16.8 Å². The Labute approximate surface area is 124 Å². The number of carbonyl (C=O) groups is 1. The van der Waals surface area contributed by atoms with Crippen LogP contribution in [-0.4, -0.2) is 31.8 Å². The van der Waals surface area contributed by atoms with Crippen LogP contribution in [0.5, 0.6) is 11.6 Å². The summed E-state index contributed by atoms with van der Waals surface area (Å²) in [6, 6.07) is 0. The summed E-state index contributed by atoms with van der Waals surface area (Å²) in [5.41, 5.74) is -2.22. The first-order valence-electron chi connectivity index (χ1n) is 5.76. The Kier molecular flexibility index (Phi) is 5.65. The van der Waals surface area contributed by atoms with Crippen molar-refractivity contribution >= 4 is 17.6 Å². The fourth-order valence-electron chi connectivity index (χ4n) is 1.69. The Balaban J connectivity index is 3.73. The van der Waals surface area contributed by atoms with Crippen molar-refractivity contribution in [3.05, 3.63) is 16.8 Å². The highest BCUT2D eigenvalue weighted by Gasteiger charge is 2.42. The number of esters is 1. The zero-order chi connectivity index (χ0) is 16.2. The number of alkyl halides is 4. The van der Waals surface area contributed by atoms with Crippen molar-refractivity contribution in [2.75, 3.05) is 20.8 Å². The number of aromatic nitrogens is 1. The highest BCUT2D eigenvalue weighted by atomic mass is 35.5. The number of hydrogen-bond acceptors (Lipinski definition) is 5. The topological polar surface area (TPSA) is 57.7 Å². The van der Waals surface area contributed by atoms with E-state index in [4.69, 9.17) is 21.1 Å².